The topological polar surface area (TPSA) is 79.5 Å². The van der Waals surface area contributed by atoms with Gasteiger partial charge >= 0.3 is 0 Å². The number of rotatable bonds is 11. The molecule has 0 bridgehead atoms. The lowest BCUT2D eigenvalue weighted by Gasteiger charge is -2.11. The third-order valence-corrected chi connectivity index (χ3v) is 4.59. The number of carbonyl (C=O) groups excluding carboxylic acids is 2. The number of amides is 2. The van der Waals surface area contributed by atoms with Gasteiger partial charge in [-0.3, -0.25) is 9.59 Å². The summed E-state index contributed by atoms with van der Waals surface area (Å²) in [7, 11) is 0. The van der Waals surface area contributed by atoms with Crippen molar-refractivity contribution in [3.05, 3.63) is 97.1 Å². The second kappa shape index (κ2) is 12.0. The number of anilines is 3. The molecule has 0 atom stereocenters. The van der Waals surface area contributed by atoms with Gasteiger partial charge in [-0.25, -0.2) is 0 Å². The fourth-order valence-corrected chi connectivity index (χ4v) is 3.01. The van der Waals surface area contributed by atoms with Crippen LogP contribution in [0.4, 0.5) is 17.1 Å². The summed E-state index contributed by atoms with van der Waals surface area (Å²) in [5.41, 5.74) is 3.24. The predicted molar refractivity (Wildman–Crippen MR) is 129 cm³/mol. The molecule has 0 unspecified atom stereocenters. The molecule has 0 saturated heterocycles. The molecule has 3 N–H and O–H groups in total. The van der Waals surface area contributed by atoms with Crippen molar-refractivity contribution < 1.29 is 14.3 Å². The first-order valence-corrected chi connectivity index (χ1v) is 10.4. The predicted octanol–water partition coefficient (Wildman–Crippen LogP) is 4.87. The normalized spacial score (nSPS) is 10.1. The molecule has 0 aliphatic heterocycles. The highest BCUT2D eigenvalue weighted by atomic mass is 16.5. The fourth-order valence-electron chi connectivity index (χ4n) is 3.01. The van der Waals surface area contributed by atoms with Crippen molar-refractivity contribution >= 4 is 28.9 Å². The van der Waals surface area contributed by atoms with Gasteiger partial charge in [-0.1, -0.05) is 49.1 Å². The maximum absolute atomic E-state index is 12.2. The van der Waals surface area contributed by atoms with E-state index in [2.05, 4.69) is 22.5 Å². The molecule has 0 spiro atoms. The highest BCUT2D eigenvalue weighted by molar-refractivity contribution is 5.94. The van der Waals surface area contributed by atoms with E-state index < -0.39 is 0 Å². The maximum atomic E-state index is 12.2. The molecule has 3 rings (SSSR count). The average Bonchev–Trinajstić information content (AvgIpc) is 2.82. The van der Waals surface area contributed by atoms with Gasteiger partial charge in [-0.15, -0.1) is 0 Å². The summed E-state index contributed by atoms with van der Waals surface area (Å²) in [5.74, 6) is 0.481. The van der Waals surface area contributed by atoms with Gasteiger partial charge in [-0.2, -0.15) is 0 Å². The SMILES string of the molecule is C=CCOc1ccc(NC(=O)CNc2cccc(NC(=O)CCc3ccccc3)c2)cc1. The van der Waals surface area contributed by atoms with Crippen molar-refractivity contribution in [3.8, 4) is 5.75 Å². The van der Waals surface area contributed by atoms with Crippen LogP contribution in [0, 0.1) is 0 Å². The molecule has 0 heterocycles. The van der Waals surface area contributed by atoms with Gasteiger partial charge in [0.1, 0.15) is 12.4 Å². The lowest BCUT2D eigenvalue weighted by Crippen LogP contribution is -2.21. The minimum Gasteiger partial charge on any atom is -0.490 e. The summed E-state index contributed by atoms with van der Waals surface area (Å²) in [6, 6.07) is 24.3. The largest absolute Gasteiger partial charge is 0.490 e. The minimum atomic E-state index is -0.179. The van der Waals surface area contributed by atoms with Crippen LogP contribution in [0.15, 0.2) is 91.5 Å². The van der Waals surface area contributed by atoms with E-state index in [1.165, 1.54) is 0 Å². The molecule has 0 aromatic heterocycles. The second-order valence-electron chi connectivity index (χ2n) is 7.14. The second-order valence-corrected chi connectivity index (χ2v) is 7.14. The Labute approximate surface area is 188 Å². The smallest absolute Gasteiger partial charge is 0.243 e. The van der Waals surface area contributed by atoms with Gasteiger partial charge in [0.05, 0.1) is 6.54 Å². The zero-order valence-corrected chi connectivity index (χ0v) is 17.8. The standard InChI is InChI=1S/C26H27N3O3/c1-2-17-32-24-14-12-21(13-15-24)28-26(31)19-27-22-9-6-10-23(18-22)29-25(30)16-11-20-7-4-3-5-8-20/h2-10,12-15,18,27H,1,11,16-17,19H2,(H,28,31)(H,29,30). The van der Waals surface area contributed by atoms with Crippen LogP contribution in [-0.2, 0) is 16.0 Å². The number of benzene rings is 3. The molecule has 2 amide bonds. The molecule has 164 valence electrons. The minimum absolute atomic E-state index is 0.0516. The first-order valence-electron chi connectivity index (χ1n) is 10.4. The summed E-state index contributed by atoms with van der Waals surface area (Å²) < 4.78 is 5.42. The van der Waals surface area contributed by atoms with Crippen LogP contribution in [0.25, 0.3) is 0 Å². The Morgan fingerprint density at radius 3 is 2.28 bits per heavy atom. The molecule has 3 aromatic carbocycles. The molecule has 0 aliphatic rings. The molecule has 0 saturated carbocycles. The first-order chi connectivity index (χ1) is 15.6. The van der Waals surface area contributed by atoms with E-state index in [1.54, 1.807) is 36.4 Å². The summed E-state index contributed by atoms with van der Waals surface area (Å²) in [5, 5.41) is 8.81. The summed E-state index contributed by atoms with van der Waals surface area (Å²) in [6.45, 7) is 4.14. The highest BCUT2D eigenvalue weighted by Crippen LogP contribution is 2.17. The van der Waals surface area contributed by atoms with Gasteiger partial charge in [-0.05, 0) is 54.4 Å². The third-order valence-electron chi connectivity index (χ3n) is 4.59. The molecular weight excluding hydrogens is 402 g/mol. The van der Waals surface area contributed by atoms with Gasteiger partial charge < -0.3 is 20.7 Å². The van der Waals surface area contributed by atoms with Crippen molar-refractivity contribution in [2.75, 3.05) is 29.1 Å². The first kappa shape index (κ1) is 22.6. The van der Waals surface area contributed by atoms with E-state index >= 15 is 0 Å². The lowest BCUT2D eigenvalue weighted by atomic mass is 10.1. The van der Waals surface area contributed by atoms with Gasteiger partial charge in [0.25, 0.3) is 0 Å². The number of hydrogen-bond acceptors (Lipinski definition) is 4. The molecule has 6 nitrogen and oxygen atoms in total. The van der Waals surface area contributed by atoms with Crippen molar-refractivity contribution in [3.63, 3.8) is 0 Å². The Morgan fingerprint density at radius 2 is 1.53 bits per heavy atom. The third kappa shape index (κ3) is 7.65. The fraction of sp³-hybridized carbons (Fsp3) is 0.154. The van der Waals surface area contributed by atoms with E-state index in [1.807, 2.05) is 48.5 Å². The number of carbonyl (C=O) groups is 2. The van der Waals surface area contributed by atoms with Crippen molar-refractivity contribution in [2.24, 2.45) is 0 Å². The average molecular weight is 430 g/mol. The molecule has 3 aromatic rings. The molecule has 0 aliphatic carbocycles. The van der Waals surface area contributed by atoms with E-state index in [-0.39, 0.29) is 18.4 Å². The quantitative estimate of drug-likeness (QED) is 0.380. The Kier molecular flexibility index (Phi) is 8.45. The summed E-state index contributed by atoms with van der Waals surface area (Å²) in [4.78, 5) is 24.5. The maximum Gasteiger partial charge on any atom is 0.243 e. The van der Waals surface area contributed by atoms with Crippen LogP contribution < -0.4 is 20.7 Å². The van der Waals surface area contributed by atoms with Crippen LogP contribution in [0.5, 0.6) is 5.75 Å². The van der Waals surface area contributed by atoms with Crippen molar-refractivity contribution in [1.82, 2.24) is 0 Å². The monoisotopic (exact) mass is 429 g/mol. The number of ether oxygens (including phenoxy) is 1. The summed E-state index contributed by atoms with van der Waals surface area (Å²) in [6.07, 6.45) is 2.76. The zero-order chi connectivity index (χ0) is 22.6. The van der Waals surface area contributed by atoms with Crippen molar-refractivity contribution in [2.45, 2.75) is 12.8 Å². The van der Waals surface area contributed by atoms with Gasteiger partial charge in [0.2, 0.25) is 11.8 Å². The molecular formula is C26H27N3O3. The lowest BCUT2D eigenvalue weighted by molar-refractivity contribution is -0.116. The summed E-state index contributed by atoms with van der Waals surface area (Å²) >= 11 is 0. The molecule has 0 radical (unpaired) electrons. The van der Waals surface area contributed by atoms with Crippen molar-refractivity contribution in [1.29, 1.82) is 0 Å². The van der Waals surface area contributed by atoms with Crippen LogP contribution in [0.1, 0.15) is 12.0 Å². The van der Waals surface area contributed by atoms with E-state index in [9.17, 15) is 9.59 Å². The van der Waals surface area contributed by atoms with Crippen LogP contribution in [0.3, 0.4) is 0 Å². The molecule has 0 fully saturated rings. The number of nitrogens with one attached hydrogen (secondary N) is 3. The number of hydrogen-bond donors (Lipinski definition) is 3. The highest BCUT2D eigenvalue weighted by Gasteiger charge is 2.06. The molecule has 32 heavy (non-hydrogen) atoms. The van der Waals surface area contributed by atoms with E-state index in [4.69, 9.17) is 4.74 Å². The van der Waals surface area contributed by atoms with Crippen LogP contribution in [0.2, 0.25) is 0 Å². The van der Waals surface area contributed by atoms with Gasteiger partial charge in [0.15, 0.2) is 0 Å². The Balaban J connectivity index is 1.44. The number of aryl methyl sites for hydroxylation is 1. The van der Waals surface area contributed by atoms with E-state index in [0.717, 1.165) is 11.3 Å². The Bertz CT molecular complexity index is 1030. The Morgan fingerprint density at radius 1 is 0.812 bits per heavy atom. The van der Waals surface area contributed by atoms with Crippen LogP contribution >= 0.6 is 0 Å². The van der Waals surface area contributed by atoms with Gasteiger partial charge in [0, 0.05) is 23.5 Å². The molecule has 6 heteroatoms. The van der Waals surface area contributed by atoms with Crippen LogP contribution in [-0.4, -0.2) is 25.0 Å². The Hall–Kier alpha value is -4.06. The van der Waals surface area contributed by atoms with E-state index in [0.29, 0.717) is 36.6 Å². The zero-order valence-electron chi connectivity index (χ0n) is 17.8.